The van der Waals surface area contributed by atoms with Gasteiger partial charge in [0.1, 0.15) is 5.82 Å². The molecule has 0 radical (unpaired) electrons. The molecule has 0 spiro atoms. The Balaban J connectivity index is 2.42. The maximum Gasteiger partial charge on any atom is 0.330 e. The molecule has 3 N–H and O–H groups in total. The average molecular weight is 474 g/mol. The van der Waals surface area contributed by atoms with Crippen molar-refractivity contribution in [2.24, 2.45) is 11.8 Å². The Hall–Kier alpha value is -3.40. The number of hydrogen-bond acceptors (Lipinski definition) is 7. The van der Waals surface area contributed by atoms with Gasteiger partial charge in [-0.3, -0.25) is 28.8 Å². The highest BCUT2D eigenvalue weighted by Crippen LogP contribution is 2.20. The van der Waals surface area contributed by atoms with Gasteiger partial charge in [-0.05, 0) is 18.0 Å². The van der Waals surface area contributed by atoms with E-state index in [1.165, 1.54) is 16.6 Å². The predicted octanol–water partition coefficient (Wildman–Crippen LogP) is 1.29. The molecule has 0 aliphatic rings. The van der Waals surface area contributed by atoms with E-state index in [0.717, 1.165) is 5.56 Å². The molecule has 1 aromatic carbocycles. The van der Waals surface area contributed by atoms with Gasteiger partial charge in [-0.2, -0.15) is 0 Å². The second kappa shape index (κ2) is 12.2. The van der Waals surface area contributed by atoms with Crippen LogP contribution in [0.15, 0.2) is 39.9 Å². The molecule has 10 heteroatoms. The Bertz CT molecular complexity index is 1090. The van der Waals surface area contributed by atoms with Gasteiger partial charge in [0.05, 0.1) is 26.1 Å². The van der Waals surface area contributed by atoms with Crippen LogP contribution in [-0.4, -0.2) is 59.6 Å². The molecule has 2 rings (SSSR count). The van der Waals surface area contributed by atoms with Crippen molar-refractivity contribution in [3.05, 3.63) is 56.7 Å². The van der Waals surface area contributed by atoms with Crippen molar-refractivity contribution in [3.63, 3.8) is 0 Å². The summed E-state index contributed by atoms with van der Waals surface area (Å²) < 4.78 is 6.03. The number of nitrogens with zero attached hydrogens (tertiary/aromatic N) is 3. The standard InChI is InChI=1S/C24H35N5O5/c1-6-27(13-17(4)23(32)34-5)15-19(30)28(12-16(2)3)20-21(25)29(24(33)26-22(20)31)14-18-10-8-7-9-11-18/h7-11,16-17H,6,12-15,25H2,1-5H3,(H,26,31,33). The van der Waals surface area contributed by atoms with Crippen LogP contribution in [-0.2, 0) is 20.9 Å². The van der Waals surface area contributed by atoms with Crippen molar-refractivity contribution in [1.29, 1.82) is 0 Å². The average Bonchev–Trinajstić information content (AvgIpc) is 2.80. The third-order valence-electron chi connectivity index (χ3n) is 5.46. The van der Waals surface area contributed by atoms with Crippen LogP contribution in [0, 0.1) is 11.8 Å². The third kappa shape index (κ3) is 6.80. The van der Waals surface area contributed by atoms with Gasteiger partial charge in [-0.1, -0.05) is 58.0 Å². The first-order chi connectivity index (χ1) is 16.1. The molecule has 1 amide bonds. The smallest absolute Gasteiger partial charge is 0.330 e. The number of amides is 1. The van der Waals surface area contributed by atoms with Crippen LogP contribution < -0.4 is 21.9 Å². The summed E-state index contributed by atoms with van der Waals surface area (Å²) in [5.74, 6) is -1.18. The fourth-order valence-corrected chi connectivity index (χ4v) is 3.69. The Kier molecular flexibility index (Phi) is 9.61. The number of carbonyl (C=O) groups is 2. The van der Waals surface area contributed by atoms with Gasteiger partial charge in [0.2, 0.25) is 5.91 Å². The molecule has 1 heterocycles. The predicted molar refractivity (Wildman–Crippen MR) is 132 cm³/mol. The molecule has 34 heavy (non-hydrogen) atoms. The lowest BCUT2D eigenvalue weighted by Gasteiger charge is -2.29. The number of carbonyl (C=O) groups excluding carboxylic acids is 2. The fraction of sp³-hybridized carbons (Fsp3) is 0.500. The molecule has 1 unspecified atom stereocenters. The van der Waals surface area contributed by atoms with Crippen LogP contribution in [0.1, 0.15) is 33.3 Å². The van der Waals surface area contributed by atoms with Gasteiger partial charge in [-0.15, -0.1) is 0 Å². The van der Waals surface area contributed by atoms with E-state index < -0.39 is 17.2 Å². The molecule has 0 saturated carbocycles. The Morgan fingerprint density at radius 2 is 1.76 bits per heavy atom. The molecule has 0 bridgehead atoms. The van der Waals surface area contributed by atoms with E-state index >= 15 is 0 Å². The van der Waals surface area contributed by atoms with E-state index in [9.17, 15) is 19.2 Å². The quantitative estimate of drug-likeness (QED) is 0.470. The van der Waals surface area contributed by atoms with E-state index in [4.69, 9.17) is 10.5 Å². The lowest BCUT2D eigenvalue weighted by Crippen LogP contribution is -2.47. The minimum absolute atomic E-state index is 0.0265. The lowest BCUT2D eigenvalue weighted by atomic mass is 10.1. The second-order valence-electron chi connectivity index (χ2n) is 8.72. The minimum atomic E-state index is -0.716. The van der Waals surface area contributed by atoms with Crippen molar-refractivity contribution in [2.45, 2.75) is 34.2 Å². The van der Waals surface area contributed by atoms with Crippen LogP contribution in [0.5, 0.6) is 0 Å². The monoisotopic (exact) mass is 473 g/mol. The van der Waals surface area contributed by atoms with Crippen LogP contribution in [0.4, 0.5) is 11.5 Å². The number of nitrogens with one attached hydrogen (secondary N) is 1. The molecule has 186 valence electrons. The number of likely N-dealkylation sites (N-methyl/N-ethyl adjacent to an activating group) is 1. The van der Waals surface area contributed by atoms with Gasteiger partial charge in [0, 0.05) is 13.1 Å². The van der Waals surface area contributed by atoms with Crippen LogP contribution >= 0.6 is 0 Å². The largest absolute Gasteiger partial charge is 0.469 e. The van der Waals surface area contributed by atoms with Gasteiger partial charge >= 0.3 is 11.7 Å². The van der Waals surface area contributed by atoms with Gasteiger partial charge in [0.15, 0.2) is 5.69 Å². The zero-order valence-corrected chi connectivity index (χ0v) is 20.5. The van der Waals surface area contributed by atoms with Crippen molar-refractivity contribution >= 4 is 23.4 Å². The summed E-state index contributed by atoms with van der Waals surface area (Å²) in [5.41, 5.74) is 5.74. The Morgan fingerprint density at radius 1 is 1.12 bits per heavy atom. The number of nitrogens with two attached hydrogens (primary N) is 1. The summed E-state index contributed by atoms with van der Waals surface area (Å²) in [6.07, 6.45) is 0. The zero-order valence-electron chi connectivity index (χ0n) is 20.5. The molecule has 0 aliphatic carbocycles. The number of esters is 1. The SMILES string of the molecule is CCN(CC(=O)N(CC(C)C)c1c(N)n(Cc2ccccc2)c(=O)[nH]c1=O)CC(C)C(=O)OC. The Morgan fingerprint density at radius 3 is 2.32 bits per heavy atom. The van der Waals surface area contributed by atoms with Gasteiger partial charge < -0.3 is 15.4 Å². The van der Waals surface area contributed by atoms with E-state index in [1.54, 1.807) is 6.92 Å². The summed E-state index contributed by atoms with van der Waals surface area (Å²) in [6, 6.07) is 9.22. The lowest BCUT2D eigenvalue weighted by molar-refractivity contribution is -0.145. The van der Waals surface area contributed by atoms with Crippen LogP contribution in [0.3, 0.4) is 0 Å². The first-order valence-electron chi connectivity index (χ1n) is 11.4. The zero-order chi connectivity index (χ0) is 25.4. The summed E-state index contributed by atoms with van der Waals surface area (Å²) in [5, 5.41) is 0. The van der Waals surface area contributed by atoms with Crippen molar-refractivity contribution in [2.75, 3.05) is 43.9 Å². The number of aromatic nitrogens is 2. The molecule has 0 saturated heterocycles. The van der Waals surface area contributed by atoms with E-state index in [-0.39, 0.29) is 48.9 Å². The molecule has 0 aliphatic heterocycles. The molecular formula is C24H35N5O5. The van der Waals surface area contributed by atoms with Crippen molar-refractivity contribution in [1.82, 2.24) is 14.5 Å². The van der Waals surface area contributed by atoms with Gasteiger partial charge in [0.25, 0.3) is 5.56 Å². The topological polar surface area (TPSA) is 131 Å². The molecule has 10 nitrogen and oxygen atoms in total. The van der Waals surface area contributed by atoms with E-state index in [2.05, 4.69) is 4.98 Å². The number of nitrogen functional groups attached to an aromatic ring is 1. The van der Waals surface area contributed by atoms with Crippen molar-refractivity contribution < 1.29 is 14.3 Å². The fourth-order valence-electron chi connectivity index (χ4n) is 3.69. The molecule has 1 aromatic heterocycles. The number of rotatable bonds is 11. The number of benzene rings is 1. The second-order valence-corrected chi connectivity index (χ2v) is 8.72. The number of H-pyrrole nitrogens is 1. The highest BCUT2D eigenvalue weighted by Gasteiger charge is 2.27. The number of anilines is 2. The highest BCUT2D eigenvalue weighted by molar-refractivity contribution is 5.97. The molecule has 0 fully saturated rings. The first kappa shape index (κ1) is 26.8. The maximum absolute atomic E-state index is 13.4. The summed E-state index contributed by atoms with van der Waals surface area (Å²) in [7, 11) is 1.32. The number of hydrogen-bond donors (Lipinski definition) is 2. The maximum atomic E-state index is 13.4. The summed E-state index contributed by atoms with van der Waals surface area (Å²) in [4.78, 5) is 56.0. The molecule has 1 atom stereocenters. The highest BCUT2D eigenvalue weighted by atomic mass is 16.5. The number of aromatic amines is 1. The normalized spacial score (nSPS) is 12.1. The van der Waals surface area contributed by atoms with Crippen LogP contribution in [0.2, 0.25) is 0 Å². The van der Waals surface area contributed by atoms with E-state index in [0.29, 0.717) is 13.1 Å². The number of methoxy groups -OCH3 is 1. The van der Waals surface area contributed by atoms with Crippen LogP contribution in [0.25, 0.3) is 0 Å². The third-order valence-corrected chi connectivity index (χ3v) is 5.46. The minimum Gasteiger partial charge on any atom is -0.469 e. The number of ether oxygens (including phenoxy) is 1. The molecule has 2 aromatic rings. The summed E-state index contributed by atoms with van der Waals surface area (Å²) >= 11 is 0. The van der Waals surface area contributed by atoms with Gasteiger partial charge in [-0.25, -0.2) is 4.79 Å². The first-order valence-corrected chi connectivity index (χ1v) is 11.4. The Labute approximate surface area is 199 Å². The van der Waals surface area contributed by atoms with E-state index in [1.807, 2.05) is 56.0 Å². The van der Waals surface area contributed by atoms with Crippen molar-refractivity contribution in [3.8, 4) is 0 Å². The molecular weight excluding hydrogens is 438 g/mol. The summed E-state index contributed by atoms with van der Waals surface area (Å²) in [6.45, 7) is 8.64.